The van der Waals surface area contributed by atoms with Crippen molar-refractivity contribution in [3.63, 3.8) is 0 Å². The second kappa shape index (κ2) is 8.18. The Morgan fingerprint density at radius 1 is 1.20 bits per heavy atom. The molecule has 1 aromatic carbocycles. The zero-order chi connectivity index (χ0) is 18.4. The predicted molar refractivity (Wildman–Crippen MR) is 85.8 cm³/mol. The van der Waals surface area contributed by atoms with Gasteiger partial charge in [-0.3, -0.25) is 9.59 Å². The minimum Gasteiger partial charge on any atom is -0.436 e. The van der Waals surface area contributed by atoms with Crippen LogP contribution in [0.4, 0.5) is 8.78 Å². The summed E-state index contributed by atoms with van der Waals surface area (Å²) in [5.74, 6) is -3.34. The van der Waals surface area contributed by atoms with Crippen molar-refractivity contribution in [1.82, 2.24) is 15.6 Å². The average molecular weight is 349 g/mol. The van der Waals surface area contributed by atoms with Gasteiger partial charge in [0.25, 0.3) is 0 Å². The fourth-order valence-electron chi connectivity index (χ4n) is 1.90. The minimum absolute atomic E-state index is 0.0394. The number of nitrogens with one attached hydrogen (secondary N) is 2. The van der Waals surface area contributed by atoms with Crippen molar-refractivity contribution in [2.45, 2.75) is 26.4 Å². The maximum absolute atomic E-state index is 13.7. The van der Waals surface area contributed by atoms with Gasteiger partial charge in [-0.05, 0) is 32.0 Å². The number of nitrogens with zero attached hydrogens (tertiary/aromatic N) is 1. The van der Waals surface area contributed by atoms with E-state index in [4.69, 9.17) is 4.74 Å². The molecule has 0 aliphatic heterocycles. The number of hydrogen-bond donors (Lipinski definition) is 2. The van der Waals surface area contributed by atoms with Crippen LogP contribution in [0, 0.1) is 11.6 Å². The van der Waals surface area contributed by atoms with Crippen LogP contribution in [0.5, 0.6) is 11.6 Å². The van der Waals surface area contributed by atoms with Crippen molar-refractivity contribution < 1.29 is 23.1 Å². The third-order valence-electron chi connectivity index (χ3n) is 3.02. The summed E-state index contributed by atoms with van der Waals surface area (Å²) in [5, 5.41) is 4.89. The summed E-state index contributed by atoms with van der Waals surface area (Å²) in [6.07, 6.45) is 1.42. The fourth-order valence-corrected chi connectivity index (χ4v) is 1.90. The first kappa shape index (κ1) is 18.3. The van der Waals surface area contributed by atoms with Crippen molar-refractivity contribution >= 4 is 11.8 Å². The van der Waals surface area contributed by atoms with Gasteiger partial charge < -0.3 is 15.4 Å². The summed E-state index contributed by atoms with van der Waals surface area (Å²) >= 11 is 0. The van der Waals surface area contributed by atoms with Gasteiger partial charge in [0.1, 0.15) is 5.82 Å². The van der Waals surface area contributed by atoms with Crippen molar-refractivity contribution in [3.8, 4) is 11.6 Å². The Bertz CT molecular complexity index is 781. The number of carbonyl (C=O) groups excluding carboxylic acids is 2. The second-order valence-electron chi connectivity index (χ2n) is 5.46. The predicted octanol–water partition coefficient (Wildman–Crippen LogP) is 2.29. The number of carbonyl (C=O) groups is 2. The maximum Gasteiger partial charge on any atom is 0.309 e. The summed E-state index contributed by atoms with van der Waals surface area (Å²) in [4.78, 5) is 27.3. The second-order valence-corrected chi connectivity index (χ2v) is 5.46. The van der Waals surface area contributed by atoms with Gasteiger partial charge in [-0.25, -0.2) is 13.8 Å². The monoisotopic (exact) mass is 349 g/mol. The smallest absolute Gasteiger partial charge is 0.309 e. The first-order valence-corrected chi connectivity index (χ1v) is 7.52. The number of hydrogen-bond acceptors (Lipinski definition) is 4. The molecule has 0 unspecified atom stereocenters. The van der Waals surface area contributed by atoms with Crippen LogP contribution >= 0.6 is 0 Å². The van der Waals surface area contributed by atoms with E-state index in [0.29, 0.717) is 11.6 Å². The quantitative estimate of drug-likeness (QED) is 0.812. The molecule has 2 amide bonds. The lowest BCUT2D eigenvalue weighted by molar-refractivity contribution is -0.139. The highest BCUT2D eigenvalue weighted by Gasteiger charge is 2.16. The zero-order valence-corrected chi connectivity index (χ0v) is 13.7. The van der Waals surface area contributed by atoms with Gasteiger partial charge in [-0.2, -0.15) is 0 Å². The lowest BCUT2D eigenvalue weighted by Gasteiger charge is -2.12. The molecule has 0 saturated carbocycles. The Labute approximate surface area is 143 Å². The molecule has 0 fully saturated rings. The summed E-state index contributed by atoms with van der Waals surface area (Å²) in [6, 6.07) is 5.91. The topological polar surface area (TPSA) is 80.3 Å². The Balaban J connectivity index is 2.08. The van der Waals surface area contributed by atoms with Gasteiger partial charge in [0.15, 0.2) is 11.6 Å². The molecule has 1 aromatic heterocycles. The molecule has 6 nitrogen and oxygen atoms in total. The van der Waals surface area contributed by atoms with E-state index in [1.165, 1.54) is 6.20 Å². The summed E-state index contributed by atoms with van der Waals surface area (Å²) in [7, 11) is 0. The molecule has 132 valence electrons. The largest absolute Gasteiger partial charge is 0.436 e. The molecule has 0 saturated heterocycles. The Morgan fingerprint density at radius 3 is 2.64 bits per heavy atom. The van der Waals surface area contributed by atoms with E-state index in [-0.39, 0.29) is 24.2 Å². The molecule has 2 aromatic rings. The third kappa shape index (κ3) is 5.23. The van der Waals surface area contributed by atoms with Crippen molar-refractivity contribution in [1.29, 1.82) is 0 Å². The molecule has 2 rings (SSSR count). The van der Waals surface area contributed by atoms with Crippen LogP contribution in [0.2, 0.25) is 0 Å². The van der Waals surface area contributed by atoms with E-state index >= 15 is 0 Å². The molecule has 25 heavy (non-hydrogen) atoms. The molecule has 0 bridgehead atoms. The van der Waals surface area contributed by atoms with Crippen LogP contribution in [-0.2, 0) is 16.1 Å². The molecule has 1 heterocycles. The lowest BCUT2D eigenvalue weighted by atomic mass is 10.2. The number of benzene rings is 1. The Hall–Kier alpha value is -3.03. The van der Waals surface area contributed by atoms with E-state index in [2.05, 4.69) is 15.6 Å². The van der Waals surface area contributed by atoms with Gasteiger partial charge in [0.2, 0.25) is 5.88 Å². The van der Waals surface area contributed by atoms with Gasteiger partial charge in [0.05, 0.1) is 0 Å². The highest BCUT2D eigenvalue weighted by atomic mass is 19.1. The zero-order valence-electron chi connectivity index (χ0n) is 13.7. The van der Waals surface area contributed by atoms with Gasteiger partial charge >= 0.3 is 11.8 Å². The van der Waals surface area contributed by atoms with E-state index in [1.54, 1.807) is 26.0 Å². The first-order chi connectivity index (χ1) is 11.9. The van der Waals surface area contributed by atoms with Crippen LogP contribution in [0.3, 0.4) is 0 Å². The molecule has 8 heteroatoms. The minimum atomic E-state index is -0.878. The van der Waals surface area contributed by atoms with E-state index < -0.39 is 23.4 Å². The van der Waals surface area contributed by atoms with Crippen LogP contribution in [0.15, 0.2) is 36.5 Å². The molecular formula is C17H17F2N3O3. The van der Waals surface area contributed by atoms with Crippen LogP contribution in [-0.4, -0.2) is 22.8 Å². The molecule has 0 aliphatic rings. The molecule has 2 N–H and O–H groups in total. The van der Waals surface area contributed by atoms with Gasteiger partial charge in [-0.15, -0.1) is 0 Å². The summed E-state index contributed by atoms with van der Waals surface area (Å²) < 4.78 is 32.0. The standard InChI is InChI=1S/C17H17F2N3O3/c1-10(2)22-16(24)15(23)21-9-11-4-3-7-20-17(11)25-14-6-5-12(18)8-13(14)19/h3-8,10H,9H2,1-2H3,(H,21,23)(H,22,24). The first-order valence-electron chi connectivity index (χ1n) is 7.52. The van der Waals surface area contributed by atoms with Crippen molar-refractivity contribution in [3.05, 3.63) is 53.7 Å². The number of pyridine rings is 1. The highest BCUT2D eigenvalue weighted by Crippen LogP contribution is 2.25. The number of aromatic nitrogens is 1. The molecule has 0 atom stereocenters. The summed E-state index contributed by atoms with van der Waals surface area (Å²) in [6.45, 7) is 3.42. The number of ether oxygens (including phenoxy) is 1. The molecule has 0 spiro atoms. The molecular weight excluding hydrogens is 332 g/mol. The number of rotatable bonds is 5. The fraction of sp³-hybridized carbons (Fsp3) is 0.235. The van der Waals surface area contributed by atoms with Crippen LogP contribution in [0.25, 0.3) is 0 Å². The normalized spacial score (nSPS) is 10.4. The van der Waals surface area contributed by atoms with Gasteiger partial charge in [0, 0.05) is 30.4 Å². The SMILES string of the molecule is CC(C)NC(=O)C(=O)NCc1cccnc1Oc1ccc(F)cc1F. The van der Waals surface area contributed by atoms with E-state index in [9.17, 15) is 18.4 Å². The van der Waals surface area contributed by atoms with E-state index in [1.807, 2.05) is 0 Å². The highest BCUT2D eigenvalue weighted by molar-refractivity contribution is 6.35. The number of halogens is 2. The average Bonchev–Trinajstić information content (AvgIpc) is 2.55. The van der Waals surface area contributed by atoms with Crippen molar-refractivity contribution in [2.24, 2.45) is 0 Å². The Kier molecular flexibility index (Phi) is 5.99. The lowest BCUT2D eigenvalue weighted by Crippen LogP contribution is -2.42. The molecule has 0 radical (unpaired) electrons. The van der Waals surface area contributed by atoms with Crippen molar-refractivity contribution in [2.75, 3.05) is 0 Å². The van der Waals surface area contributed by atoms with Gasteiger partial charge in [-0.1, -0.05) is 6.07 Å². The summed E-state index contributed by atoms with van der Waals surface area (Å²) in [5.41, 5.74) is 0.428. The number of amides is 2. The Morgan fingerprint density at radius 2 is 1.96 bits per heavy atom. The third-order valence-corrected chi connectivity index (χ3v) is 3.02. The van der Waals surface area contributed by atoms with Crippen LogP contribution < -0.4 is 15.4 Å². The maximum atomic E-state index is 13.7. The van der Waals surface area contributed by atoms with E-state index in [0.717, 1.165) is 12.1 Å². The van der Waals surface area contributed by atoms with Crippen LogP contribution in [0.1, 0.15) is 19.4 Å². The molecule has 0 aliphatic carbocycles.